The molecule has 0 N–H and O–H groups in total. The third-order valence-corrected chi connectivity index (χ3v) is 7.64. The van der Waals surface area contributed by atoms with Gasteiger partial charge in [-0.2, -0.15) is 0 Å². The van der Waals surface area contributed by atoms with E-state index in [0.29, 0.717) is 32.4 Å². The first-order valence-electron chi connectivity index (χ1n) is 12.5. The Morgan fingerprint density at radius 1 is 1.00 bits per heavy atom. The summed E-state index contributed by atoms with van der Waals surface area (Å²) in [5, 5.41) is 0. The molecule has 2 aliphatic heterocycles. The number of fused-ring (bicyclic) bond motifs is 3. The highest BCUT2D eigenvalue weighted by Gasteiger charge is 2.50. The van der Waals surface area contributed by atoms with Gasteiger partial charge in [0.1, 0.15) is 17.7 Å². The van der Waals surface area contributed by atoms with Gasteiger partial charge < -0.3 is 14.5 Å². The number of hydrogen-bond donors (Lipinski definition) is 0. The Morgan fingerprint density at radius 3 is 2.31 bits per heavy atom. The third kappa shape index (κ3) is 3.90. The highest BCUT2D eigenvalue weighted by Crippen LogP contribution is 2.44. The fraction of sp³-hybridized carbons (Fsp3) is 0.444. The Morgan fingerprint density at radius 2 is 1.64 bits per heavy atom. The number of amides is 3. The summed E-state index contributed by atoms with van der Waals surface area (Å²) < 4.78 is 35.3. The van der Waals surface area contributed by atoms with E-state index < -0.39 is 34.6 Å². The Kier molecular flexibility index (Phi) is 6.40. The molecule has 190 valence electrons. The van der Waals surface area contributed by atoms with E-state index >= 15 is 0 Å². The van der Waals surface area contributed by atoms with E-state index in [1.165, 1.54) is 15.4 Å². The molecule has 0 bridgehead atoms. The van der Waals surface area contributed by atoms with E-state index in [2.05, 4.69) is 0 Å². The van der Waals surface area contributed by atoms with Crippen LogP contribution in [0.5, 0.6) is 0 Å². The van der Waals surface area contributed by atoms with Crippen molar-refractivity contribution in [2.45, 2.75) is 51.3 Å². The van der Waals surface area contributed by atoms with Crippen molar-refractivity contribution in [3.05, 3.63) is 70.3 Å². The van der Waals surface area contributed by atoms with E-state index in [0.717, 1.165) is 17.7 Å². The molecule has 0 unspecified atom stereocenters. The molecule has 2 atom stereocenters. The molecule has 2 aromatic rings. The number of carbonyl (C=O) groups excluding carboxylic acids is 3. The molecule has 5 rings (SSSR count). The highest BCUT2D eigenvalue weighted by molar-refractivity contribution is 6.07. The lowest BCUT2D eigenvalue weighted by Crippen LogP contribution is -2.48. The molecule has 2 aromatic carbocycles. The van der Waals surface area contributed by atoms with E-state index in [-0.39, 0.29) is 37.4 Å². The zero-order valence-electron chi connectivity index (χ0n) is 20.4. The number of piperidine rings is 1. The van der Waals surface area contributed by atoms with Crippen molar-refractivity contribution in [2.75, 3.05) is 26.2 Å². The van der Waals surface area contributed by atoms with E-state index in [9.17, 15) is 23.2 Å². The molecule has 2 fully saturated rings. The van der Waals surface area contributed by atoms with Crippen LogP contribution in [0.25, 0.3) is 0 Å². The van der Waals surface area contributed by atoms with Gasteiger partial charge in [-0.15, -0.1) is 0 Å². The Labute approximate surface area is 208 Å². The SMILES string of the molecule is CCN(CC)C(=O)c1c(F)ccc(F)c1C(=O)N1CCC(N2C(=O)O[C@H]3Cc4ccccc4[C@H]32)CC1. The summed E-state index contributed by atoms with van der Waals surface area (Å²) in [6.07, 6.45) is 1.06. The standard InChI is InChI=1S/C27H29F2N3O4/c1-3-30(4-2)25(33)22-19(28)9-10-20(29)23(22)26(34)31-13-11-17(12-14-31)32-24-18-8-6-5-7-16(18)15-21(24)36-27(32)35/h5-10,17,21,24H,3-4,11-15H2,1-2H3/t21-,24+/m0/s1. The van der Waals surface area contributed by atoms with E-state index in [4.69, 9.17) is 4.74 Å². The average molecular weight is 498 g/mol. The normalized spacial score (nSPS) is 21.3. The first kappa shape index (κ1) is 24.2. The molecule has 2 heterocycles. The summed E-state index contributed by atoms with van der Waals surface area (Å²) in [5.74, 6) is -3.26. The molecule has 9 heteroatoms. The number of likely N-dealkylation sites (tertiary alicyclic amines) is 1. The predicted octanol–water partition coefficient (Wildman–Crippen LogP) is 4.17. The minimum atomic E-state index is -0.924. The topological polar surface area (TPSA) is 70.2 Å². The van der Waals surface area contributed by atoms with Gasteiger partial charge in [0.05, 0.1) is 17.2 Å². The quantitative estimate of drug-likeness (QED) is 0.622. The van der Waals surface area contributed by atoms with Crippen molar-refractivity contribution < 1.29 is 27.9 Å². The first-order valence-corrected chi connectivity index (χ1v) is 12.5. The van der Waals surface area contributed by atoms with Crippen LogP contribution in [0.4, 0.5) is 13.6 Å². The van der Waals surface area contributed by atoms with Gasteiger partial charge in [0, 0.05) is 38.6 Å². The van der Waals surface area contributed by atoms with Gasteiger partial charge in [-0.3, -0.25) is 14.5 Å². The van der Waals surface area contributed by atoms with Crippen LogP contribution in [0.15, 0.2) is 36.4 Å². The summed E-state index contributed by atoms with van der Waals surface area (Å²) in [5.41, 5.74) is 1.20. The molecule has 3 amide bonds. The maximum Gasteiger partial charge on any atom is 0.411 e. The number of rotatable bonds is 5. The Balaban J connectivity index is 1.35. The van der Waals surface area contributed by atoms with Gasteiger partial charge in [-0.25, -0.2) is 13.6 Å². The van der Waals surface area contributed by atoms with Crippen molar-refractivity contribution in [3.63, 3.8) is 0 Å². The number of hydrogen-bond acceptors (Lipinski definition) is 4. The first-order chi connectivity index (χ1) is 17.3. The fourth-order valence-electron chi connectivity index (χ4n) is 5.80. The van der Waals surface area contributed by atoms with Crippen LogP contribution in [0.2, 0.25) is 0 Å². The van der Waals surface area contributed by atoms with Crippen molar-refractivity contribution in [3.8, 4) is 0 Å². The Hall–Kier alpha value is -3.49. The predicted molar refractivity (Wildman–Crippen MR) is 128 cm³/mol. The lowest BCUT2D eigenvalue weighted by atomic mass is 9.97. The highest BCUT2D eigenvalue weighted by atomic mass is 19.1. The molecule has 0 spiro atoms. The molecule has 0 aromatic heterocycles. The molecular weight excluding hydrogens is 468 g/mol. The molecule has 2 saturated heterocycles. The van der Waals surface area contributed by atoms with Crippen molar-refractivity contribution in [1.82, 2.24) is 14.7 Å². The molecular formula is C27H29F2N3O4. The van der Waals surface area contributed by atoms with Crippen LogP contribution in [0.3, 0.4) is 0 Å². The summed E-state index contributed by atoms with van der Waals surface area (Å²) in [7, 11) is 0. The molecule has 3 aliphatic rings. The van der Waals surface area contributed by atoms with Crippen molar-refractivity contribution in [2.24, 2.45) is 0 Å². The monoisotopic (exact) mass is 497 g/mol. The molecule has 0 saturated carbocycles. The van der Waals surface area contributed by atoms with Gasteiger partial charge in [0.15, 0.2) is 0 Å². The third-order valence-electron chi connectivity index (χ3n) is 7.64. The zero-order chi connectivity index (χ0) is 25.6. The summed E-state index contributed by atoms with van der Waals surface area (Å²) in [4.78, 5) is 43.7. The maximum absolute atomic E-state index is 14.9. The average Bonchev–Trinajstić information content (AvgIpc) is 3.39. The smallest absolute Gasteiger partial charge is 0.411 e. The minimum absolute atomic E-state index is 0.142. The largest absolute Gasteiger partial charge is 0.443 e. The molecule has 36 heavy (non-hydrogen) atoms. The van der Waals surface area contributed by atoms with Crippen LogP contribution in [0, 0.1) is 11.6 Å². The lowest BCUT2D eigenvalue weighted by molar-refractivity contribution is 0.0619. The second-order valence-electron chi connectivity index (χ2n) is 9.46. The van der Waals surface area contributed by atoms with Crippen LogP contribution in [-0.4, -0.2) is 70.9 Å². The van der Waals surface area contributed by atoms with Crippen molar-refractivity contribution >= 4 is 17.9 Å². The minimum Gasteiger partial charge on any atom is -0.443 e. The summed E-state index contributed by atoms with van der Waals surface area (Å²) in [6.45, 7) is 4.59. The van der Waals surface area contributed by atoms with Gasteiger partial charge >= 0.3 is 6.09 Å². The maximum atomic E-state index is 14.9. The van der Waals surface area contributed by atoms with Crippen LogP contribution < -0.4 is 0 Å². The van der Waals surface area contributed by atoms with E-state index in [1.54, 1.807) is 18.7 Å². The van der Waals surface area contributed by atoms with Crippen LogP contribution in [-0.2, 0) is 11.2 Å². The number of ether oxygens (including phenoxy) is 1. The number of benzene rings is 2. The number of halogens is 2. The number of nitrogens with zero attached hydrogens (tertiary/aromatic N) is 3. The van der Waals surface area contributed by atoms with E-state index in [1.807, 2.05) is 24.3 Å². The zero-order valence-corrected chi connectivity index (χ0v) is 20.4. The number of carbonyl (C=O) groups is 3. The van der Waals surface area contributed by atoms with Crippen LogP contribution in [0.1, 0.15) is 64.6 Å². The lowest BCUT2D eigenvalue weighted by Gasteiger charge is -2.38. The van der Waals surface area contributed by atoms with Gasteiger partial charge in [0.25, 0.3) is 11.8 Å². The van der Waals surface area contributed by atoms with Crippen LogP contribution >= 0.6 is 0 Å². The summed E-state index contributed by atoms with van der Waals surface area (Å²) >= 11 is 0. The van der Waals surface area contributed by atoms with Gasteiger partial charge in [-0.05, 0) is 49.9 Å². The fourth-order valence-corrected chi connectivity index (χ4v) is 5.80. The van der Waals surface area contributed by atoms with Crippen molar-refractivity contribution in [1.29, 1.82) is 0 Å². The molecule has 0 radical (unpaired) electrons. The summed E-state index contributed by atoms with van der Waals surface area (Å²) in [6, 6.07) is 9.46. The Bertz CT molecular complexity index is 1210. The second-order valence-corrected chi connectivity index (χ2v) is 9.46. The molecule has 1 aliphatic carbocycles. The molecule has 7 nitrogen and oxygen atoms in total. The van der Waals surface area contributed by atoms with Gasteiger partial charge in [0.2, 0.25) is 0 Å². The van der Waals surface area contributed by atoms with Gasteiger partial charge in [-0.1, -0.05) is 24.3 Å². The second kappa shape index (κ2) is 9.52.